The second-order valence-electron chi connectivity index (χ2n) is 20.0. The molecule has 5 aromatic rings. The van der Waals surface area contributed by atoms with Gasteiger partial charge in [-0.25, -0.2) is 0 Å². The highest BCUT2D eigenvalue weighted by Crippen LogP contribution is 2.48. The van der Waals surface area contributed by atoms with E-state index in [4.69, 9.17) is 18.3 Å². The number of carbonyl (C=O) groups excluding carboxylic acids is 1. The molecule has 2 heterocycles. The molecule has 7 rings (SSSR count). The van der Waals surface area contributed by atoms with Crippen LogP contribution in [-0.4, -0.2) is 58.4 Å². The number of hydrogen-bond donors (Lipinski definition) is 0. The first kappa shape index (κ1) is 47.2. The van der Waals surface area contributed by atoms with Crippen molar-refractivity contribution in [2.75, 3.05) is 6.61 Å². The molecule has 0 aliphatic carbocycles. The van der Waals surface area contributed by atoms with Crippen molar-refractivity contribution < 1.29 is 23.1 Å². The second kappa shape index (κ2) is 20.6. The Hall–Kier alpha value is -3.77. The first-order valence-corrected chi connectivity index (χ1v) is 28.0. The van der Waals surface area contributed by atoms with Gasteiger partial charge in [0.25, 0.3) is 16.6 Å². The maximum absolute atomic E-state index is 14.1. The van der Waals surface area contributed by atoms with Gasteiger partial charge in [0.2, 0.25) is 0 Å². The fraction of sp³-hybridized carbons (Fsp3) is 0.436. The Balaban J connectivity index is 1.06. The van der Waals surface area contributed by atoms with Crippen LogP contribution in [0.1, 0.15) is 106 Å². The highest BCUT2D eigenvalue weighted by atomic mass is 32.2. The topological polar surface area (TPSA) is 54.0 Å². The lowest BCUT2D eigenvalue weighted by molar-refractivity contribution is -0.143. The lowest BCUT2D eigenvalue weighted by Gasteiger charge is -2.46. The van der Waals surface area contributed by atoms with E-state index in [-0.39, 0.29) is 40.5 Å². The van der Waals surface area contributed by atoms with Gasteiger partial charge in [0.1, 0.15) is 10.9 Å². The molecule has 0 N–H and O–H groups in total. The number of unbranched alkanes of at least 4 members (excludes halogenated alkanes) is 2. The molecular formula is C55H70O5SSi2. The number of esters is 1. The molecule has 2 aliphatic heterocycles. The normalized spacial score (nSPS) is 21.3. The number of hydrogen-bond acceptors (Lipinski definition) is 6. The fourth-order valence-electron chi connectivity index (χ4n) is 10.4. The van der Waals surface area contributed by atoms with E-state index in [0.717, 1.165) is 49.8 Å². The van der Waals surface area contributed by atoms with Gasteiger partial charge in [-0.3, -0.25) is 4.79 Å². The van der Waals surface area contributed by atoms with E-state index < -0.39 is 21.4 Å². The molecule has 0 radical (unpaired) electrons. The second-order valence-corrected chi connectivity index (χ2v) is 30.0. The van der Waals surface area contributed by atoms with E-state index in [0.29, 0.717) is 19.4 Å². The molecule has 0 saturated carbocycles. The summed E-state index contributed by atoms with van der Waals surface area (Å²) in [4.78, 5) is 15.2. The molecule has 0 spiro atoms. The number of benzene rings is 5. The number of thioether (sulfide) groups is 1. The van der Waals surface area contributed by atoms with Gasteiger partial charge in [0.05, 0.1) is 18.8 Å². The van der Waals surface area contributed by atoms with Gasteiger partial charge < -0.3 is 18.3 Å². The van der Waals surface area contributed by atoms with E-state index in [2.05, 4.69) is 187 Å². The average Bonchev–Trinajstić information content (AvgIpc) is 3.84. The van der Waals surface area contributed by atoms with Crippen LogP contribution in [0.3, 0.4) is 0 Å². The molecular weight excluding hydrogens is 829 g/mol. The molecule has 5 atom stereocenters. The van der Waals surface area contributed by atoms with E-state index in [1.807, 2.05) is 13.0 Å². The van der Waals surface area contributed by atoms with Crippen molar-refractivity contribution in [2.24, 2.45) is 0 Å². The van der Waals surface area contributed by atoms with E-state index in [1.54, 1.807) is 11.8 Å². The zero-order chi connectivity index (χ0) is 44.6. The molecule has 8 heteroatoms. The quantitative estimate of drug-likeness (QED) is 0.0468. The van der Waals surface area contributed by atoms with Crippen LogP contribution in [0.25, 0.3) is 0 Å². The van der Waals surface area contributed by atoms with Gasteiger partial charge >= 0.3 is 5.97 Å². The van der Waals surface area contributed by atoms with Gasteiger partial charge in [-0.1, -0.05) is 200 Å². The van der Waals surface area contributed by atoms with Gasteiger partial charge in [-0.2, -0.15) is 0 Å². The predicted molar refractivity (Wildman–Crippen MR) is 267 cm³/mol. The summed E-state index contributed by atoms with van der Waals surface area (Å²) in [5, 5.41) is 4.87. The van der Waals surface area contributed by atoms with Gasteiger partial charge in [0.15, 0.2) is 0 Å². The Morgan fingerprint density at radius 3 is 1.56 bits per heavy atom. The van der Waals surface area contributed by atoms with Gasteiger partial charge in [-0.15, -0.1) is 11.8 Å². The van der Waals surface area contributed by atoms with E-state index in [1.165, 1.54) is 20.7 Å². The molecule has 2 saturated heterocycles. The van der Waals surface area contributed by atoms with Crippen LogP contribution in [0.4, 0.5) is 0 Å². The maximum Gasteiger partial charge on any atom is 0.323 e. The van der Waals surface area contributed by atoms with Crippen LogP contribution in [0.15, 0.2) is 157 Å². The highest BCUT2D eigenvalue weighted by molar-refractivity contribution is 8.01. The zero-order valence-corrected chi connectivity index (χ0v) is 41.6. The molecule has 5 nitrogen and oxygen atoms in total. The monoisotopic (exact) mass is 898 g/mol. The summed E-state index contributed by atoms with van der Waals surface area (Å²) in [5.41, 5.74) is 0. The van der Waals surface area contributed by atoms with Crippen molar-refractivity contribution in [1.82, 2.24) is 0 Å². The molecule has 334 valence electrons. The Morgan fingerprint density at radius 2 is 1.10 bits per heavy atom. The van der Waals surface area contributed by atoms with Crippen molar-refractivity contribution in [3.05, 3.63) is 152 Å². The minimum absolute atomic E-state index is 0.0668. The van der Waals surface area contributed by atoms with Crippen molar-refractivity contribution in [2.45, 2.75) is 150 Å². The minimum Gasteiger partial charge on any atom is -0.462 e. The van der Waals surface area contributed by atoms with E-state index >= 15 is 0 Å². The molecule has 2 fully saturated rings. The highest BCUT2D eigenvalue weighted by Gasteiger charge is 2.55. The summed E-state index contributed by atoms with van der Waals surface area (Å²) in [6.45, 7) is 16.7. The molecule has 63 heavy (non-hydrogen) atoms. The summed E-state index contributed by atoms with van der Waals surface area (Å²) >= 11 is 1.67. The number of cyclic esters (lactones) is 1. The first-order valence-electron chi connectivity index (χ1n) is 23.4. The zero-order valence-electron chi connectivity index (χ0n) is 38.8. The largest absolute Gasteiger partial charge is 0.462 e. The van der Waals surface area contributed by atoms with Crippen LogP contribution in [0.2, 0.25) is 10.1 Å². The molecule has 0 aromatic heterocycles. The Labute approximate surface area is 385 Å². The fourth-order valence-corrected chi connectivity index (χ4v) is 21.2. The third-order valence-electron chi connectivity index (χ3n) is 13.3. The SMILES string of the molecule is C[C@H]1CC(C[C@@H](CCCCC[C@@H]2CC[C@@H](CO[Si](c3ccccc3)(c3ccccc3)C(C)(C)C)O2)O[Si](c2ccccc2)(c2ccccc2)C(C)(C)C)(Sc2ccccc2)C(=O)O1. The molecule has 1 unspecified atom stereocenters. The summed E-state index contributed by atoms with van der Waals surface area (Å²) in [6.07, 6.45) is 8.43. The number of ether oxygens (including phenoxy) is 2. The maximum atomic E-state index is 14.1. The molecule has 5 aromatic carbocycles. The van der Waals surface area contributed by atoms with Crippen molar-refractivity contribution in [3.8, 4) is 0 Å². The molecule has 0 bridgehead atoms. The standard InChI is InChI=1S/C55H70O5SSi2/c1-43-40-55(52(56)58-43,61-47-28-16-9-17-29-47)41-45(60-63(54(5,6)7,50-34-22-12-23-35-50)51-36-24-13-25-37-51)27-15-8-14-26-44-38-39-46(59-44)42-57-62(53(2,3)4,48-30-18-10-19-31-48)49-32-20-11-21-33-49/h9-13,16-25,28-37,43-46H,8,14-15,26-27,38-42H2,1-7H3/t43-,44+,45+,46-,55?/m0/s1. The molecule has 2 aliphatic rings. The van der Waals surface area contributed by atoms with Gasteiger partial charge in [0, 0.05) is 17.4 Å². The first-order chi connectivity index (χ1) is 30.3. The summed E-state index contributed by atoms with van der Waals surface area (Å²) in [5.74, 6) is -0.119. The lowest BCUT2D eigenvalue weighted by Crippen LogP contribution is -2.68. The van der Waals surface area contributed by atoms with E-state index in [9.17, 15) is 4.79 Å². The average molecular weight is 899 g/mol. The van der Waals surface area contributed by atoms with Gasteiger partial charge in [-0.05, 0) is 82.0 Å². The predicted octanol–water partition coefficient (Wildman–Crippen LogP) is 11.3. The number of rotatable bonds is 19. The van der Waals surface area contributed by atoms with Crippen LogP contribution in [0.5, 0.6) is 0 Å². The smallest absolute Gasteiger partial charge is 0.323 e. The Kier molecular flexibility index (Phi) is 15.4. The van der Waals surface area contributed by atoms with Crippen LogP contribution < -0.4 is 20.7 Å². The number of carbonyl (C=O) groups is 1. The summed E-state index contributed by atoms with van der Waals surface area (Å²) < 4.78 is 27.2. The van der Waals surface area contributed by atoms with Crippen LogP contribution in [0, 0.1) is 0 Å². The van der Waals surface area contributed by atoms with Crippen molar-refractivity contribution >= 4 is 55.1 Å². The van der Waals surface area contributed by atoms with Crippen molar-refractivity contribution in [3.63, 3.8) is 0 Å². The van der Waals surface area contributed by atoms with Crippen molar-refractivity contribution in [1.29, 1.82) is 0 Å². The lowest BCUT2D eigenvalue weighted by atomic mass is 9.94. The van der Waals surface area contributed by atoms with Crippen LogP contribution >= 0.6 is 11.8 Å². The minimum atomic E-state index is -2.91. The summed E-state index contributed by atoms with van der Waals surface area (Å²) in [7, 11) is -5.54. The third kappa shape index (κ3) is 10.7. The summed E-state index contributed by atoms with van der Waals surface area (Å²) in [6, 6.07) is 54.0. The Bertz CT molecular complexity index is 2080. The molecule has 0 amide bonds. The third-order valence-corrected chi connectivity index (χ3v) is 24.8. The van der Waals surface area contributed by atoms with Crippen LogP contribution in [-0.2, 0) is 23.1 Å². The Morgan fingerprint density at radius 1 is 0.635 bits per heavy atom.